The molecule has 84 valence electrons. The average molecular weight is 211 g/mol. The molecule has 0 fully saturated rings. The molecule has 2 nitrogen and oxygen atoms in total. The van der Waals surface area contributed by atoms with Gasteiger partial charge in [-0.15, -0.1) is 0 Å². The zero-order chi connectivity index (χ0) is 11.4. The quantitative estimate of drug-likeness (QED) is 0.802. The van der Waals surface area contributed by atoms with E-state index in [-0.39, 0.29) is 11.8 Å². The van der Waals surface area contributed by atoms with E-state index in [1.165, 1.54) is 12.1 Å². The minimum Gasteiger partial charge on any atom is -0.505 e. The minimum atomic E-state index is -0.564. The third-order valence-electron chi connectivity index (χ3n) is 2.30. The summed E-state index contributed by atoms with van der Waals surface area (Å²) >= 11 is 0. The van der Waals surface area contributed by atoms with E-state index >= 15 is 0 Å². The molecule has 0 unspecified atom stereocenters. The van der Waals surface area contributed by atoms with Crippen molar-refractivity contribution in [2.24, 2.45) is 5.92 Å². The van der Waals surface area contributed by atoms with Crippen LogP contribution in [0.15, 0.2) is 18.2 Å². The molecule has 0 saturated carbocycles. The molecule has 1 aromatic rings. The molecule has 0 aliphatic heterocycles. The Morgan fingerprint density at radius 2 is 2.00 bits per heavy atom. The predicted octanol–water partition coefficient (Wildman–Crippen LogP) is 2.84. The summed E-state index contributed by atoms with van der Waals surface area (Å²) in [5.74, 6) is -0.296. The fourth-order valence-electron chi connectivity index (χ4n) is 1.32. The van der Waals surface area contributed by atoms with Gasteiger partial charge in [-0.1, -0.05) is 19.9 Å². The molecular formula is C12H18FNO. The lowest BCUT2D eigenvalue weighted by Gasteiger charge is -2.16. The molecule has 0 aliphatic rings. The first-order chi connectivity index (χ1) is 7.00. The molecule has 1 rings (SSSR count). The van der Waals surface area contributed by atoms with Crippen molar-refractivity contribution in [1.82, 2.24) is 5.32 Å². The fraction of sp³-hybridized carbons (Fsp3) is 0.500. The van der Waals surface area contributed by atoms with Crippen molar-refractivity contribution in [3.63, 3.8) is 0 Å². The summed E-state index contributed by atoms with van der Waals surface area (Å²) in [6.07, 6.45) is 0. The van der Waals surface area contributed by atoms with Gasteiger partial charge in [-0.25, -0.2) is 4.39 Å². The van der Waals surface area contributed by atoms with Crippen LogP contribution in [0.1, 0.15) is 32.4 Å². The molecule has 1 atom stereocenters. The average Bonchev–Trinajstić information content (AvgIpc) is 2.18. The number of aromatic hydroxyl groups is 1. The van der Waals surface area contributed by atoms with Crippen molar-refractivity contribution in [1.29, 1.82) is 0 Å². The van der Waals surface area contributed by atoms with Gasteiger partial charge in [0.15, 0.2) is 11.6 Å². The Balaban J connectivity index is 2.65. The number of benzene rings is 1. The van der Waals surface area contributed by atoms with Crippen LogP contribution in [0.2, 0.25) is 0 Å². The lowest BCUT2D eigenvalue weighted by molar-refractivity contribution is 0.429. The van der Waals surface area contributed by atoms with Gasteiger partial charge in [-0.2, -0.15) is 0 Å². The number of phenolic OH excluding ortho intramolecular Hbond substituents is 1. The molecule has 0 spiro atoms. The standard InChI is InChI=1S/C12H18FNO/c1-8(2)7-14-9(3)10-4-5-12(15)11(13)6-10/h4-6,8-9,14-15H,7H2,1-3H3/t9-/m0/s1. The molecule has 0 heterocycles. The van der Waals surface area contributed by atoms with Crippen LogP contribution in [0.4, 0.5) is 4.39 Å². The van der Waals surface area contributed by atoms with Crippen molar-refractivity contribution in [2.45, 2.75) is 26.8 Å². The number of nitrogens with one attached hydrogen (secondary N) is 1. The number of hydrogen-bond acceptors (Lipinski definition) is 2. The highest BCUT2D eigenvalue weighted by Gasteiger charge is 2.08. The fourth-order valence-corrected chi connectivity index (χ4v) is 1.32. The van der Waals surface area contributed by atoms with Crippen LogP contribution in [0.25, 0.3) is 0 Å². The zero-order valence-electron chi connectivity index (χ0n) is 9.42. The monoisotopic (exact) mass is 211 g/mol. The van der Waals surface area contributed by atoms with E-state index in [4.69, 9.17) is 5.11 Å². The van der Waals surface area contributed by atoms with Gasteiger partial charge in [0.2, 0.25) is 0 Å². The highest BCUT2D eigenvalue weighted by molar-refractivity contribution is 5.29. The van der Waals surface area contributed by atoms with Gasteiger partial charge in [-0.05, 0) is 37.1 Å². The van der Waals surface area contributed by atoms with Gasteiger partial charge in [0, 0.05) is 6.04 Å². The van der Waals surface area contributed by atoms with E-state index in [0.717, 1.165) is 12.1 Å². The van der Waals surface area contributed by atoms with E-state index in [2.05, 4.69) is 19.2 Å². The number of rotatable bonds is 4. The van der Waals surface area contributed by atoms with Crippen LogP contribution in [0.5, 0.6) is 5.75 Å². The summed E-state index contributed by atoms with van der Waals surface area (Å²) in [6.45, 7) is 7.12. The SMILES string of the molecule is CC(C)CN[C@@H](C)c1ccc(O)c(F)c1. The van der Waals surface area contributed by atoms with Gasteiger partial charge >= 0.3 is 0 Å². The van der Waals surface area contributed by atoms with E-state index in [1.807, 2.05) is 6.92 Å². The molecule has 0 amide bonds. The van der Waals surface area contributed by atoms with Crippen LogP contribution in [-0.2, 0) is 0 Å². The third-order valence-corrected chi connectivity index (χ3v) is 2.30. The van der Waals surface area contributed by atoms with Crippen LogP contribution in [0, 0.1) is 11.7 Å². The minimum absolute atomic E-state index is 0.0995. The van der Waals surface area contributed by atoms with E-state index in [1.54, 1.807) is 6.07 Å². The number of hydrogen-bond donors (Lipinski definition) is 2. The maximum Gasteiger partial charge on any atom is 0.165 e. The van der Waals surface area contributed by atoms with Gasteiger partial charge < -0.3 is 10.4 Å². The molecule has 0 saturated heterocycles. The van der Waals surface area contributed by atoms with Gasteiger partial charge in [0.1, 0.15) is 0 Å². The molecule has 0 bridgehead atoms. The van der Waals surface area contributed by atoms with Crippen molar-refractivity contribution in [3.05, 3.63) is 29.6 Å². The van der Waals surface area contributed by atoms with Gasteiger partial charge in [0.05, 0.1) is 0 Å². The Labute approximate surface area is 90.1 Å². The topological polar surface area (TPSA) is 32.3 Å². The summed E-state index contributed by atoms with van der Waals surface area (Å²) in [7, 11) is 0. The molecule has 0 aromatic heterocycles. The normalized spacial score (nSPS) is 13.1. The van der Waals surface area contributed by atoms with Crippen molar-refractivity contribution in [3.8, 4) is 5.75 Å². The van der Waals surface area contributed by atoms with Crippen molar-refractivity contribution < 1.29 is 9.50 Å². The zero-order valence-corrected chi connectivity index (χ0v) is 9.42. The van der Waals surface area contributed by atoms with Crippen molar-refractivity contribution >= 4 is 0 Å². The number of phenols is 1. The highest BCUT2D eigenvalue weighted by Crippen LogP contribution is 2.20. The predicted molar refractivity (Wildman–Crippen MR) is 59.3 cm³/mol. The van der Waals surface area contributed by atoms with Gasteiger partial charge in [-0.3, -0.25) is 0 Å². The van der Waals surface area contributed by atoms with E-state index < -0.39 is 5.82 Å². The maximum absolute atomic E-state index is 13.1. The second-order valence-corrected chi connectivity index (χ2v) is 4.23. The maximum atomic E-state index is 13.1. The van der Waals surface area contributed by atoms with Crippen LogP contribution in [-0.4, -0.2) is 11.7 Å². The highest BCUT2D eigenvalue weighted by atomic mass is 19.1. The first kappa shape index (κ1) is 12.0. The summed E-state index contributed by atoms with van der Waals surface area (Å²) in [4.78, 5) is 0. The van der Waals surface area contributed by atoms with Crippen LogP contribution in [0.3, 0.4) is 0 Å². The smallest absolute Gasteiger partial charge is 0.165 e. The Kier molecular flexibility index (Phi) is 4.09. The van der Waals surface area contributed by atoms with Gasteiger partial charge in [0.25, 0.3) is 0 Å². The summed E-state index contributed by atoms with van der Waals surface area (Å²) in [6, 6.07) is 4.59. The lowest BCUT2D eigenvalue weighted by atomic mass is 10.1. The summed E-state index contributed by atoms with van der Waals surface area (Å²) in [5, 5.41) is 12.3. The van der Waals surface area contributed by atoms with Crippen LogP contribution >= 0.6 is 0 Å². The first-order valence-electron chi connectivity index (χ1n) is 5.22. The Bertz CT molecular complexity index is 325. The van der Waals surface area contributed by atoms with Crippen molar-refractivity contribution in [2.75, 3.05) is 6.54 Å². The largest absolute Gasteiger partial charge is 0.505 e. The number of halogens is 1. The lowest BCUT2D eigenvalue weighted by Crippen LogP contribution is -2.23. The second-order valence-electron chi connectivity index (χ2n) is 4.23. The van der Waals surface area contributed by atoms with E-state index in [9.17, 15) is 4.39 Å². The molecule has 1 aromatic carbocycles. The third kappa shape index (κ3) is 3.51. The Morgan fingerprint density at radius 1 is 1.33 bits per heavy atom. The second kappa shape index (κ2) is 5.12. The Morgan fingerprint density at radius 3 is 2.53 bits per heavy atom. The summed E-state index contributed by atoms with van der Waals surface area (Å²) < 4.78 is 13.1. The molecule has 15 heavy (non-hydrogen) atoms. The first-order valence-corrected chi connectivity index (χ1v) is 5.22. The molecular weight excluding hydrogens is 193 g/mol. The molecule has 3 heteroatoms. The van der Waals surface area contributed by atoms with Crippen LogP contribution < -0.4 is 5.32 Å². The van der Waals surface area contributed by atoms with E-state index in [0.29, 0.717) is 5.92 Å². The molecule has 0 aliphatic carbocycles. The summed E-state index contributed by atoms with van der Waals surface area (Å²) in [5.41, 5.74) is 0.853. The molecule has 0 radical (unpaired) electrons. The molecule has 2 N–H and O–H groups in total. The Hall–Kier alpha value is -1.09.